The molecule has 0 aliphatic rings. The zero-order valence-electron chi connectivity index (χ0n) is 12.1. The van der Waals surface area contributed by atoms with Crippen molar-refractivity contribution >= 4 is 57.7 Å². The summed E-state index contributed by atoms with van der Waals surface area (Å²) in [4.78, 5) is 15.4. The maximum atomic E-state index is 12.3. The van der Waals surface area contributed by atoms with Gasteiger partial charge in [-0.1, -0.05) is 40.9 Å². The molecule has 1 aromatic heterocycles. The van der Waals surface area contributed by atoms with Gasteiger partial charge in [-0.3, -0.25) is 9.69 Å². The van der Waals surface area contributed by atoms with Crippen molar-refractivity contribution in [3.8, 4) is 0 Å². The Balaban J connectivity index is 2.00. The largest absolute Gasteiger partial charge is 0.323 e. The van der Waals surface area contributed by atoms with Crippen molar-refractivity contribution in [3.63, 3.8) is 0 Å². The minimum Gasteiger partial charge on any atom is -0.323 e. The number of carbonyl (C=O) groups is 1. The first-order chi connectivity index (χ1) is 10.4. The summed E-state index contributed by atoms with van der Waals surface area (Å²) in [6.45, 7) is 2.48. The highest BCUT2D eigenvalue weighted by Crippen LogP contribution is 2.29. The molecule has 1 unspecified atom stereocenters. The average Bonchev–Trinajstić information content (AvgIpc) is 2.88. The number of benzene rings is 1. The summed E-state index contributed by atoms with van der Waals surface area (Å²) in [5, 5.41) is 3.56. The number of anilines is 1. The van der Waals surface area contributed by atoms with E-state index in [-0.39, 0.29) is 11.9 Å². The first-order valence-electron chi connectivity index (χ1n) is 6.58. The van der Waals surface area contributed by atoms with Crippen LogP contribution in [-0.2, 0) is 11.3 Å². The number of nitrogens with one attached hydrogen (secondary N) is 1. The number of hydrogen-bond acceptors (Lipinski definition) is 3. The quantitative estimate of drug-likeness (QED) is 0.780. The van der Waals surface area contributed by atoms with Gasteiger partial charge >= 0.3 is 0 Å². The fourth-order valence-electron chi connectivity index (χ4n) is 1.86. The molecule has 0 saturated carbocycles. The molecule has 2 rings (SSSR count). The average molecular weight is 378 g/mol. The molecule has 1 N–H and O–H groups in total. The number of nitrogens with zero attached hydrogens (tertiary/aromatic N) is 1. The lowest BCUT2D eigenvalue weighted by molar-refractivity contribution is -0.120. The lowest BCUT2D eigenvalue weighted by atomic mass is 10.2. The maximum absolute atomic E-state index is 12.3. The third kappa shape index (κ3) is 4.37. The SMILES string of the molecule is CC(C(=O)Nc1cccc(Cl)c1Cl)N(C)Cc1ccc(Cl)s1. The Morgan fingerprint density at radius 1 is 1.27 bits per heavy atom. The van der Waals surface area contributed by atoms with Crippen molar-refractivity contribution in [2.75, 3.05) is 12.4 Å². The van der Waals surface area contributed by atoms with Crippen molar-refractivity contribution in [2.24, 2.45) is 0 Å². The van der Waals surface area contributed by atoms with Crippen LogP contribution in [0.1, 0.15) is 11.8 Å². The molecule has 0 bridgehead atoms. The minimum atomic E-state index is -0.323. The van der Waals surface area contributed by atoms with Gasteiger partial charge in [0.1, 0.15) is 0 Å². The van der Waals surface area contributed by atoms with Gasteiger partial charge in [-0.15, -0.1) is 11.3 Å². The van der Waals surface area contributed by atoms with E-state index < -0.39 is 0 Å². The molecule has 1 amide bonds. The maximum Gasteiger partial charge on any atom is 0.241 e. The molecule has 1 heterocycles. The van der Waals surface area contributed by atoms with Crippen LogP contribution in [0.5, 0.6) is 0 Å². The van der Waals surface area contributed by atoms with Gasteiger partial charge in [0.05, 0.1) is 26.1 Å². The van der Waals surface area contributed by atoms with Gasteiger partial charge in [0.25, 0.3) is 0 Å². The van der Waals surface area contributed by atoms with Crippen LogP contribution >= 0.6 is 46.1 Å². The van der Waals surface area contributed by atoms with Crippen molar-refractivity contribution in [1.29, 1.82) is 0 Å². The van der Waals surface area contributed by atoms with Crippen LogP contribution in [0.25, 0.3) is 0 Å². The third-order valence-electron chi connectivity index (χ3n) is 3.28. The number of hydrogen-bond donors (Lipinski definition) is 1. The van der Waals surface area contributed by atoms with Gasteiger partial charge in [0.15, 0.2) is 0 Å². The summed E-state index contributed by atoms with van der Waals surface area (Å²) in [6.07, 6.45) is 0. The van der Waals surface area contributed by atoms with Crippen LogP contribution in [0, 0.1) is 0 Å². The van der Waals surface area contributed by atoms with Gasteiger partial charge in [-0.2, -0.15) is 0 Å². The molecule has 118 valence electrons. The van der Waals surface area contributed by atoms with Crippen LogP contribution in [0.2, 0.25) is 14.4 Å². The number of amides is 1. The molecule has 0 aliphatic carbocycles. The second kappa shape index (κ2) is 7.66. The predicted molar refractivity (Wildman–Crippen MR) is 95.3 cm³/mol. The molecule has 7 heteroatoms. The van der Waals surface area contributed by atoms with E-state index in [0.717, 1.165) is 9.21 Å². The van der Waals surface area contributed by atoms with Crippen molar-refractivity contribution in [3.05, 3.63) is 49.6 Å². The molecule has 1 atom stereocenters. The number of thiophene rings is 1. The van der Waals surface area contributed by atoms with E-state index in [9.17, 15) is 4.79 Å². The van der Waals surface area contributed by atoms with Crippen LogP contribution in [0.3, 0.4) is 0 Å². The lowest BCUT2D eigenvalue weighted by Crippen LogP contribution is -2.39. The van der Waals surface area contributed by atoms with Crippen molar-refractivity contribution in [1.82, 2.24) is 4.90 Å². The molecular formula is C15H15Cl3N2OS. The first kappa shape index (κ1) is 17.6. The van der Waals surface area contributed by atoms with E-state index in [0.29, 0.717) is 22.3 Å². The number of rotatable bonds is 5. The minimum absolute atomic E-state index is 0.144. The number of carbonyl (C=O) groups excluding carboxylic acids is 1. The van der Waals surface area contributed by atoms with E-state index >= 15 is 0 Å². The summed E-state index contributed by atoms with van der Waals surface area (Å²) in [5.74, 6) is -0.144. The highest BCUT2D eigenvalue weighted by Gasteiger charge is 2.20. The van der Waals surface area contributed by atoms with E-state index in [1.165, 1.54) is 11.3 Å². The second-order valence-corrected chi connectivity index (χ2v) is 7.47. The standard InChI is InChI=1S/C15H15Cl3N2OS/c1-9(20(2)8-10-6-7-13(17)22-10)15(21)19-12-5-3-4-11(16)14(12)18/h3-7,9H,8H2,1-2H3,(H,19,21). The Bertz CT molecular complexity index is 675. The Kier molecular flexibility index (Phi) is 6.12. The Morgan fingerprint density at radius 3 is 2.64 bits per heavy atom. The highest BCUT2D eigenvalue weighted by atomic mass is 35.5. The van der Waals surface area contributed by atoms with E-state index in [2.05, 4.69) is 5.32 Å². The molecule has 0 spiro atoms. The molecule has 22 heavy (non-hydrogen) atoms. The van der Waals surface area contributed by atoms with Crippen LogP contribution < -0.4 is 5.32 Å². The number of likely N-dealkylation sites (N-methyl/N-ethyl adjacent to an activating group) is 1. The monoisotopic (exact) mass is 376 g/mol. The van der Waals surface area contributed by atoms with Crippen LogP contribution in [0.15, 0.2) is 30.3 Å². The molecule has 0 aliphatic heterocycles. The Morgan fingerprint density at radius 2 is 2.00 bits per heavy atom. The predicted octanol–water partition coefficient (Wildman–Crippen LogP) is 5.17. The molecular weight excluding hydrogens is 363 g/mol. The molecule has 0 radical (unpaired) electrons. The molecule has 1 aromatic carbocycles. The summed E-state index contributed by atoms with van der Waals surface area (Å²) >= 11 is 19.5. The van der Waals surface area contributed by atoms with Gasteiger partial charge in [0, 0.05) is 11.4 Å². The van der Waals surface area contributed by atoms with Crippen molar-refractivity contribution in [2.45, 2.75) is 19.5 Å². The first-order valence-corrected chi connectivity index (χ1v) is 8.53. The Labute approximate surface area is 148 Å². The van der Waals surface area contributed by atoms with E-state index in [4.69, 9.17) is 34.8 Å². The van der Waals surface area contributed by atoms with E-state index in [1.54, 1.807) is 18.2 Å². The summed E-state index contributed by atoms with van der Waals surface area (Å²) in [5.41, 5.74) is 0.513. The van der Waals surface area contributed by atoms with Gasteiger partial charge in [-0.25, -0.2) is 0 Å². The topological polar surface area (TPSA) is 32.3 Å². The summed E-state index contributed by atoms with van der Waals surface area (Å²) < 4.78 is 0.742. The zero-order valence-corrected chi connectivity index (χ0v) is 15.2. The van der Waals surface area contributed by atoms with Crippen LogP contribution in [-0.4, -0.2) is 23.9 Å². The van der Waals surface area contributed by atoms with Crippen molar-refractivity contribution < 1.29 is 4.79 Å². The third-order valence-corrected chi connectivity index (χ3v) is 5.32. The van der Waals surface area contributed by atoms with Gasteiger partial charge in [-0.05, 0) is 38.2 Å². The lowest BCUT2D eigenvalue weighted by Gasteiger charge is -2.23. The van der Waals surface area contributed by atoms with Gasteiger partial charge in [0.2, 0.25) is 5.91 Å². The molecule has 2 aromatic rings. The molecule has 0 fully saturated rings. The second-order valence-electron chi connectivity index (χ2n) is 4.89. The van der Waals surface area contributed by atoms with E-state index in [1.807, 2.05) is 31.0 Å². The fraction of sp³-hybridized carbons (Fsp3) is 0.267. The van der Waals surface area contributed by atoms with Crippen LogP contribution in [0.4, 0.5) is 5.69 Å². The molecule has 3 nitrogen and oxygen atoms in total. The summed E-state index contributed by atoms with van der Waals surface area (Å²) in [7, 11) is 1.89. The molecule has 0 saturated heterocycles. The van der Waals surface area contributed by atoms with Gasteiger partial charge < -0.3 is 5.32 Å². The smallest absolute Gasteiger partial charge is 0.241 e. The zero-order chi connectivity index (χ0) is 16.3. The number of halogens is 3. The normalized spacial score (nSPS) is 12.5. The Hall–Kier alpha value is -0.780. The summed E-state index contributed by atoms with van der Waals surface area (Å²) in [6, 6.07) is 8.63. The fourth-order valence-corrected chi connectivity index (χ4v) is 3.36. The highest BCUT2D eigenvalue weighted by molar-refractivity contribution is 7.16.